The Hall–Kier alpha value is -2.57. The first-order chi connectivity index (χ1) is 9.29. The maximum absolute atomic E-state index is 4.44. The Bertz CT molecular complexity index is 705. The summed E-state index contributed by atoms with van der Waals surface area (Å²) in [4.78, 5) is 8.82. The summed E-state index contributed by atoms with van der Waals surface area (Å²) in [7, 11) is 0. The smallest absolute Gasteiger partial charge is 0.178 e. The van der Waals surface area contributed by atoms with Gasteiger partial charge in [-0.1, -0.05) is 0 Å². The summed E-state index contributed by atoms with van der Waals surface area (Å²) in [6.07, 6.45) is 3.36. The van der Waals surface area contributed by atoms with Crippen molar-refractivity contribution in [3.05, 3.63) is 30.4 Å². The van der Waals surface area contributed by atoms with Gasteiger partial charge in [-0.05, 0) is 26.0 Å². The molecular formula is C12H13N7. The zero-order valence-electron chi connectivity index (χ0n) is 10.7. The number of anilines is 1. The van der Waals surface area contributed by atoms with Crippen molar-refractivity contribution in [1.29, 1.82) is 0 Å². The minimum Gasteiger partial charge on any atom is -0.370 e. The number of fused-ring (bicyclic) bond motifs is 1. The lowest BCUT2D eigenvalue weighted by molar-refractivity contribution is 0.824. The molecule has 3 aromatic rings. The molecule has 0 radical (unpaired) electrons. The van der Waals surface area contributed by atoms with Crippen molar-refractivity contribution in [1.82, 2.24) is 29.9 Å². The monoisotopic (exact) mass is 255 g/mol. The number of rotatable bonds is 3. The van der Waals surface area contributed by atoms with E-state index in [4.69, 9.17) is 0 Å². The molecule has 0 saturated heterocycles. The lowest BCUT2D eigenvalue weighted by Gasteiger charge is -2.05. The second-order valence-electron chi connectivity index (χ2n) is 4.03. The molecule has 3 aromatic heterocycles. The van der Waals surface area contributed by atoms with Crippen LogP contribution in [0.2, 0.25) is 0 Å². The first-order valence-corrected chi connectivity index (χ1v) is 6.04. The SMILES string of the molecule is CCNc1nc(C)nc2c1cnn2-c1cccnn1. The molecule has 0 aliphatic carbocycles. The van der Waals surface area contributed by atoms with Crippen LogP contribution < -0.4 is 5.32 Å². The molecule has 0 aliphatic heterocycles. The number of aryl methyl sites for hydroxylation is 1. The van der Waals surface area contributed by atoms with Gasteiger partial charge in [-0.25, -0.2) is 9.97 Å². The highest BCUT2D eigenvalue weighted by Crippen LogP contribution is 2.21. The van der Waals surface area contributed by atoms with Gasteiger partial charge in [0, 0.05) is 12.7 Å². The first-order valence-electron chi connectivity index (χ1n) is 6.04. The molecule has 3 heterocycles. The minimum absolute atomic E-state index is 0.637. The standard InChI is InChI=1S/C12H13N7/c1-3-13-11-9-7-15-19(10-5-4-6-14-18-10)12(9)17-8(2)16-11/h4-7H,3H2,1-2H3,(H,13,16,17). The van der Waals surface area contributed by atoms with Crippen LogP contribution in [0, 0.1) is 6.92 Å². The highest BCUT2D eigenvalue weighted by Gasteiger charge is 2.12. The Morgan fingerprint density at radius 2 is 2.21 bits per heavy atom. The molecule has 3 rings (SSSR count). The molecule has 0 aromatic carbocycles. The molecule has 0 amide bonds. The summed E-state index contributed by atoms with van der Waals surface area (Å²) in [5, 5.41) is 16.3. The van der Waals surface area contributed by atoms with E-state index >= 15 is 0 Å². The third kappa shape index (κ3) is 1.99. The van der Waals surface area contributed by atoms with Gasteiger partial charge < -0.3 is 5.32 Å². The zero-order valence-corrected chi connectivity index (χ0v) is 10.7. The molecule has 19 heavy (non-hydrogen) atoms. The predicted octanol–water partition coefficient (Wildman–Crippen LogP) is 1.35. The summed E-state index contributed by atoms with van der Waals surface area (Å²) >= 11 is 0. The molecule has 0 unspecified atom stereocenters. The molecule has 0 spiro atoms. The van der Waals surface area contributed by atoms with E-state index < -0.39 is 0 Å². The third-order valence-corrected chi connectivity index (χ3v) is 2.66. The van der Waals surface area contributed by atoms with E-state index in [0.29, 0.717) is 11.6 Å². The highest BCUT2D eigenvalue weighted by molar-refractivity contribution is 5.87. The van der Waals surface area contributed by atoms with Crippen molar-refractivity contribution >= 4 is 16.9 Å². The molecule has 1 N–H and O–H groups in total. The lowest BCUT2D eigenvalue weighted by Crippen LogP contribution is -2.05. The van der Waals surface area contributed by atoms with Crippen LogP contribution in [0.1, 0.15) is 12.7 Å². The molecule has 0 atom stereocenters. The average molecular weight is 255 g/mol. The second-order valence-corrected chi connectivity index (χ2v) is 4.03. The van der Waals surface area contributed by atoms with E-state index in [0.717, 1.165) is 23.4 Å². The first kappa shape index (κ1) is 11.5. The Morgan fingerprint density at radius 1 is 1.32 bits per heavy atom. The maximum Gasteiger partial charge on any atom is 0.178 e. The number of nitrogens with zero attached hydrogens (tertiary/aromatic N) is 6. The number of hydrogen-bond acceptors (Lipinski definition) is 6. The van der Waals surface area contributed by atoms with E-state index in [1.165, 1.54) is 0 Å². The Labute approximate surface area is 109 Å². The molecule has 96 valence electrons. The van der Waals surface area contributed by atoms with E-state index in [1.807, 2.05) is 26.0 Å². The van der Waals surface area contributed by atoms with Gasteiger partial charge in [0.05, 0.1) is 11.6 Å². The summed E-state index contributed by atoms with van der Waals surface area (Å²) in [6.45, 7) is 4.67. The van der Waals surface area contributed by atoms with Crippen molar-refractivity contribution in [2.45, 2.75) is 13.8 Å². The van der Waals surface area contributed by atoms with E-state index in [2.05, 4.69) is 30.6 Å². The van der Waals surface area contributed by atoms with Crippen LogP contribution in [0.3, 0.4) is 0 Å². The topological polar surface area (TPSA) is 81.4 Å². The largest absolute Gasteiger partial charge is 0.370 e. The Kier molecular flexibility index (Phi) is 2.79. The van der Waals surface area contributed by atoms with Crippen LogP contribution in [0.4, 0.5) is 5.82 Å². The highest BCUT2D eigenvalue weighted by atomic mass is 15.4. The van der Waals surface area contributed by atoms with E-state index in [9.17, 15) is 0 Å². The van der Waals surface area contributed by atoms with Gasteiger partial charge >= 0.3 is 0 Å². The van der Waals surface area contributed by atoms with Gasteiger partial charge in [-0.2, -0.15) is 14.9 Å². The van der Waals surface area contributed by atoms with Gasteiger partial charge in [-0.15, -0.1) is 5.10 Å². The van der Waals surface area contributed by atoms with E-state index in [-0.39, 0.29) is 0 Å². The molecule has 0 fully saturated rings. The Balaban J connectivity index is 2.23. The maximum atomic E-state index is 4.44. The van der Waals surface area contributed by atoms with Crippen LogP contribution in [-0.2, 0) is 0 Å². The molecule has 0 bridgehead atoms. The summed E-state index contributed by atoms with van der Waals surface area (Å²) < 4.78 is 1.66. The van der Waals surface area contributed by atoms with Crippen LogP contribution >= 0.6 is 0 Å². The van der Waals surface area contributed by atoms with Crippen molar-refractivity contribution < 1.29 is 0 Å². The zero-order chi connectivity index (χ0) is 13.2. The fourth-order valence-electron chi connectivity index (χ4n) is 1.89. The fraction of sp³-hybridized carbons (Fsp3) is 0.250. The molecule has 0 saturated carbocycles. The fourth-order valence-corrected chi connectivity index (χ4v) is 1.89. The van der Waals surface area contributed by atoms with Gasteiger partial charge in [0.1, 0.15) is 11.6 Å². The van der Waals surface area contributed by atoms with Crippen LogP contribution in [0.15, 0.2) is 24.5 Å². The summed E-state index contributed by atoms with van der Waals surface area (Å²) in [5.74, 6) is 2.12. The van der Waals surface area contributed by atoms with Crippen molar-refractivity contribution in [3.8, 4) is 5.82 Å². The van der Waals surface area contributed by atoms with Crippen molar-refractivity contribution in [2.24, 2.45) is 0 Å². The third-order valence-electron chi connectivity index (χ3n) is 2.66. The van der Waals surface area contributed by atoms with Gasteiger partial charge in [-0.3, -0.25) is 0 Å². The van der Waals surface area contributed by atoms with Crippen LogP contribution in [0.25, 0.3) is 16.9 Å². The van der Waals surface area contributed by atoms with Crippen LogP contribution in [0.5, 0.6) is 0 Å². The lowest BCUT2D eigenvalue weighted by atomic mass is 10.3. The van der Waals surface area contributed by atoms with E-state index in [1.54, 1.807) is 17.1 Å². The molecule has 7 heteroatoms. The van der Waals surface area contributed by atoms with Crippen molar-refractivity contribution in [2.75, 3.05) is 11.9 Å². The van der Waals surface area contributed by atoms with Gasteiger partial charge in [0.15, 0.2) is 11.5 Å². The Morgan fingerprint density at radius 3 is 2.95 bits per heavy atom. The van der Waals surface area contributed by atoms with Crippen molar-refractivity contribution in [3.63, 3.8) is 0 Å². The molecule has 0 aliphatic rings. The quantitative estimate of drug-likeness (QED) is 0.760. The number of nitrogens with one attached hydrogen (secondary N) is 1. The second kappa shape index (κ2) is 4.60. The number of aromatic nitrogens is 6. The number of hydrogen-bond donors (Lipinski definition) is 1. The minimum atomic E-state index is 0.637. The molecule has 7 nitrogen and oxygen atoms in total. The normalized spacial score (nSPS) is 10.8. The molecular weight excluding hydrogens is 242 g/mol. The van der Waals surface area contributed by atoms with Crippen LogP contribution in [-0.4, -0.2) is 36.5 Å². The average Bonchev–Trinajstić information content (AvgIpc) is 2.84. The summed E-state index contributed by atoms with van der Waals surface area (Å²) in [5.41, 5.74) is 0.726. The van der Waals surface area contributed by atoms with Gasteiger partial charge in [0.25, 0.3) is 0 Å². The van der Waals surface area contributed by atoms with Gasteiger partial charge in [0.2, 0.25) is 0 Å². The predicted molar refractivity (Wildman–Crippen MR) is 71.2 cm³/mol. The summed E-state index contributed by atoms with van der Waals surface area (Å²) in [6, 6.07) is 3.65.